The van der Waals surface area contributed by atoms with Crippen molar-refractivity contribution in [2.24, 2.45) is 4.99 Å². The van der Waals surface area contributed by atoms with Gasteiger partial charge in [0.05, 0.1) is 12.8 Å². The van der Waals surface area contributed by atoms with Crippen molar-refractivity contribution in [3.05, 3.63) is 54.0 Å². The van der Waals surface area contributed by atoms with Gasteiger partial charge >= 0.3 is 0 Å². The molecule has 0 saturated heterocycles. The zero-order chi connectivity index (χ0) is 21.5. The van der Waals surface area contributed by atoms with E-state index in [0.717, 1.165) is 13.1 Å². The number of hydrogen-bond donors (Lipinski definition) is 2. The molecular formula is C21H24N4O4S. The minimum absolute atomic E-state index is 0.0205. The summed E-state index contributed by atoms with van der Waals surface area (Å²) in [6.45, 7) is 5.77. The third-order valence-corrected chi connectivity index (χ3v) is 5.76. The standard InChI is InChI=1S/C21H24N4O4S/c1-3-25(4-2)21-24-20(28)17(30-21)12-18(26)23-15-8-5-7-14(11-15)19(27)22-13-16-9-6-10-29-16/h5-11,17H,3-4,12-13H2,1-2H3,(H,22,27)(H,23,26)/t17-/m0/s1. The highest BCUT2D eigenvalue weighted by atomic mass is 32.2. The zero-order valence-corrected chi connectivity index (χ0v) is 17.7. The van der Waals surface area contributed by atoms with Gasteiger partial charge in [0, 0.05) is 30.8 Å². The first-order chi connectivity index (χ1) is 14.5. The number of rotatable bonds is 8. The van der Waals surface area contributed by atoms with Gasteiger partial charge in [-0.1, -0.05) is 17.8 Å². The normalized spacial score (nSPS) is 15.6. The van der Waals surface area contributed by atoms with Crippen LogP contribution in [0.25, 0.3) is 0 Å². The number of aliphatic imine (C=N–C) groups is 1. The molecule has 0 spiro atoms. The van der Waals surface area contributed by atoms with Crippen molar-refractivity contribution in [1.29, 1.82) is 0 Å². The molecule has 3 amide bonds. The van der Waals surface area contributed by atoms with E-state index in [4.69, 9.17) is 4.42 Å². The molecule has 2 heterocycles. The Morgan fingerprint density at radius 3 is 2.70 bits per heavy atom. The van der Waals surface area contributed by atoms with Crippen molar-refractivity contribution in [2.75, 3.05) is 18.4 Å². The first-order valence-electron chi connectivity index (χ1n) is 9.74. The van der Waals surface area contributed by atoms with Crippen LogP contribution in [0.3, 0.4) is 0 Å². The van der Waals surface area contributed by atoms with E-state index in [0.29, 0.717) is 22.2 Å². The Morgan fingerprint density at radius 1 is 1.20 bits per heavy atom. The van der Waals surface area contributed by atoms with Crippen LogP contribution in [0.2, 0.25) is 0 Å². The van der Waals surface area contributed by atoms with Crippen LogP contribution in [0.15, 0.2) is 52.1 Å². The summed E-state index contributed by atoms with van der Waals surface area (Å²) < 4.78 is 5.19. The van der Waals surface area contributed by atoms with Crippen LogP contribution in [-0.2, 0) is 16.1 Å². The molecule has 158 valence electrons. The van der Waals surface area contributed by atoms with Crippen LogP contribution in [0, 0.1) is 0 Å². The molecule has 1 atom stereocenters. The molecule has 1 aliphatic heterocycles. The molecule has 1 aliphatic rings. The molecule has 0 unspecified atom stereocenters. The fourth-order valence-corrected chi connectivity index (χ4v) is 4.13. The fourth-order valence-electron chi connectivity index (χ4n) is 2.94. The van der Waals surface area contributed by atoms with Crippen LogP contribution in [0.1, 0.15) is 36.4 Å². The summed E-state index contributed by atoms with van der Waals surface area (Å²) in [5, 5.41) is 5.66. The number of thioether (sulfide) groups is 1. The first-order valence-corrected chi connectivity index (χ1v) is 10.6. The number of benzene rings is 1. The van der Waals surface area contributed by atoms with Crippen LogP contribution >= 0.6 is 11.8 Å². The van der Waals surface area contributed by atoms with Crippen molar-refractivity contribution < 1.29 is 18.8 Å². The van der Waals surface area contributed by atoms with E-state index in [1.807, 2.05) is 18.7 Å². The Kier molecular flexibility index (Phi) is 7.29. The number of carbonyl (C=O) groups excluding carboxylic acids is 3. The molecule has 0 saturated carbocycles. The largest absolute Gasteiger partial charge is 0.467 e. The molecular weight excluding hydrogens is 404 g/mol. The summed E-state index contributed by atoms with van der Waals surface area (Å²) in [7, 11) is 0. The van der Waals surface area contributed by atoms with Crippen LogP contribution in [0.4, 0.5) is 5.69 Å². The topological polar surface area (TPSA) is 104 Å². The van der Waals surface area contributed by atoms with Gasteiger partial charge in [-0.3, -0.25) is 14.4 Å². The van der Waals surface area contributed by atoms with Crippen molar-refractivity contribution >= 4 is 40.3 Å². The van der Waals surface area contributed by atoms with Crippen LogP contribution < -0.4 is 10.6 Å². The van der Waals surface area contributed by atoms with E-state index in [1.165, 1.54) is 11.8 Å². The summed E-state index contributed by atoms with van der Waals surface area (Å²) >= 11 is 1.32. The molecule has 9 heteroatoms. The number of nitrogens with zero attached hydrogens (tertiary/aromatic N) is 2. The SMILES string of the molecule is CCN(CC)C1=NC(=O)[C@H](CC(=O)Nc2cccc(C(=O)NCc3ccco3)c2)S1. The predicted octanol–water partition coefficient (Wildman–Crippen LogP) is 2.88. The molecule has 3 rings (SSSR count). The Morgan fingerprint density at radius 2 is 2.00 bits per heavy atom. The quantitative estimate of drug-likeness (QED) is 0.670. The molecule has 0 aliphatic carbocycles. The van der Waals surface area contributed by atoms with Crippen LogP contribution in [0.5, 0.6) is 0 Å². The van der Waals surface area contributed by atoms with Gasteiger partial charge in [0.1, 0.15) is 11.0 Å². The van der Waals surface area contributed by atoms with E-state index in [1.54, 1.807) is 42.7 Å². The average molecular weight is 429 g/mol. The molecule has 1 aromatic carbocycles. The summed E-state index contributed by atoms with van der Waals surface area (Å²) in [6.07, 6.45) is 1.56. The fraction of sp³-hybridized carbons (Fsp3) is 0.333. The monoisotopic (exact) mass is 428 g/mol. The molecule has 0 radical (unpaired) electrons. The Balaban J connectivity index is 1.54. The average Bonchev–Trinajstić information content (AvgIpc) is 3.37. The highest BCUT2D eigenvalue weighted by molar-refractivity contribution is 8.15. The number of nitrogens with one attached hydrogen (secondary N) is 2. The molecule has 0 bridgehead atoms. The second-order valence-electron chi connectivity index (χ2n) is 6.61. The van der Waals surface area contributed by atoms with E-state index < -0.39 is 5.25 Å². The minimum atomic E-state index is -0.527. The third kappa shape index (κ3) is 5.50. The second kappa shape index (κ2) is 10.1. The Labute approximate surface area is 179 Å². The van der Waals surface area contributed by atoms with Gasteiger partial charge in [-0.05, 0) is 44.2 Å². The molecule has 2 N–H and O–H groups in total. The zero-order valence-electron chi connectivity index (χ0n) is 16.9. The Bertz CT molecular complexity index is 938. The van der Waals surface area contributed by atoms with E-state index in [-0.39, 0.29) is 30.7 Å². The van der Waals surface area contributed by atoms with Crippen molar-refractivity contribution in [2.45, 2.75) is 32.1 Å². The van der Waals surface area contributed by atoms with Gasteiger partial charge in [-0.2, -0.15) is 4.99 Å². The maximum absolute atomic E-state index is 12.4. The third-order valence-electron chi connectivity index (χ3n) is 4.55. The number of hydrogen-bond acceptors (Lipinski definition) is 6. The van der Waals surface area contributed by atoms with Crippen molar-refractivity contribution in [3.8, 4) is 0 Å². The summed E-state index contributed by atoms with van der Waals surface area (Å²) in [5.74, 6) is -0.216. The first kappa shape index (κ1) is 21.6. The molecule has 0 fully saturated rings. The summed E-state index contributed by atoms with van der Waals surface area (Å²) in [6, 6.07) is 10.2. The van der Waals surface area contributed by atoms with E-state index in [2.05, 4.69) is 15.6 Å². The summed E-state index contributed by atoms with van der Waals surface area (Å²) in [4.78, 5) is 43.0. The molecule has 8 nitrogen and oxygen atoms in total. The van der Waals surface area contributed by atoms with Gasteiger partial charge in [-0.15, -0.1) is 0 Å². The van der Waals surface area contributed by atoms with Gasteiger partial charge in [0.15, 0.2) is 5.17 Å². The summed E-state index contributed by atoms with van der Waals surface area (Å²) in [5.41, 5.74) is 0.906. The number of furan rings is 1. The second-order valence-corrected chi connectivity index (χ2v) is 7.78. The highest BCUT2D eigenvalue weighted by Gasteiger charge is 2.32. The molecule has 1 aromatic heterocycles. The van der Waals surface area contributed by atoms with Crippen molar-refractivity contribution in [1.82, 2.24) is 10.2 Å². The molecule has 30 heavy (non-hydrogen) atoms. The maximum Gasteiger partial charge on any atom is 0.262 e. The van der Waals surface area contributed by atoms with Gasteiger partial charge < -0.3 is 20.0 Å². The van der Waals surface area contributed by atoms with Gasteiger partial charge in [0.25, 0.3) is 11.8 Å². The lowest BCUT2D eigenvalue weighted by Crippen LogP contribution is -2.28. The number of amides is 3. The van der Waals surface area contributed by atoms with E-state index in [9.17, 15) is 14.4 Å². The van der Waals surface area contributed by atoms with Crippen molar-refractivity contribution in [3.63, 3.8) is 0 Å². The number of anilines is 1. The highest BCUT2D eigenvalue weighted by Crippen LogP contribution is 2.27. The van der Waals surface area contributed by atoms with Gasteiger partial charge in [0.2, 0.25) is 5.91 Å². The predicted molar refractivity (Wildman–Crippen MR) is 116 cm³/mol. The number of amidine groups is 1. The van der Waals surface area contributed by atoms with Crippen LogP contribution in [-0.4, -0.2) is 46.1 Å². The van der Waals surface area contributed by atoms with Gasteiger partial charge in [-0.25, -0.2) is 0 Å². The lowest BCUT2D eigenvalue weighted by Gasteiger charge is -2.19. The Hall–Kier alpha value is -3.07. The molecule has 2 aromatic rings. The maximum atomic E-state index is 12.4. The lowest BCUT2D eigenvalue weighted by molar-refractivity contribution is -0.121. The number of carbonyl (C=O) groups is 3. The van der Waals surface area contributed by atoms with E-state index >= 15 is 0 Å². The minimum Gasteiger partial charge on any atom is -0.467 e. The lowest BCUT2D eigenvalue weighted by atomic mass is 10.1. The smallest absolute Gasteiger partial charge is 0.262 e.